The lowest BCUT2D eigenvalue weighted by Crippen LogP contribution is -2.80. The van der Waals surface area contributed by atoms with Gasteiger partial charge in [-0.05, 0) is 43.3 Å². The average molecular weight is 337 g/mol. The summed E-state index contributed by atoms with van der Waals surface area (Å²) in [5, 5.41) is 2.79. The van der Waals surface area contributed by atoms with Crippen LogP contribution in [-0.2, 0) is 13.1 Å². The van der Waals surface area contributed by atoms with E-state index in [0.717, 1.165) is 24.4 Å². The van der Waals surface area contributed by atoms with Crippen molar-refractivity contribution >= 4 is 11.6 Å². The van der Waals surface area contributed by atoms with E-state index < -0.39 is 0 Å². The molecule has 0 aliphatic heterocycles. The first kappa shape index (κ1) is 17.4. The van der Waals surface area contributed by atoms with Gasteiger partial charge in [-0.25, -0.2) is 0 Å². The highest BCUT2D eigenvalue weighted by atomic mass is 35.5. The Kier molecular flexibility index (Phi) is 6.56. The van der Waals surface area contributed by atoms with Gasteiger partial charge < -0.3 is 19.5 Å². The molecule has 0 fully saturated rings. The van der Waals surface area contributed by atoms with Gasteiger partial charge in [-0.2, -0.15) is 0 Å². The third-order valence-corrected chi connectivity index (χ3v) is 3.77. The molecule has 4 nitrogen and oxygen atoms in total. The van der Waals surface area contributed by atoms with Gasteiger partial charge >= 0.3 is 0 Å². The van der Waals surface area contributed by atoms with Gasteiger partial charge in [0.2, 0.25) is 0 Å². The van der Waals surface area contributed by atoms with Crippen LogP contribution in [0, 0.1) is 0 Å². The van der Waals surface area contributed by atoms with Crippen LogP contribution in [-0.4, -0.2) is 20.8 Å². The van der Waals surface area contributed by atoms with E-state index in [2.05, 4.69) is 17.4 Å². The first-order chi connectivity index (χ1) is 11.2. The molecule has 2 N–H and O–H groups in total. The Morgan fingerprint density at radius 2 is 1.65 bits per heavy atom. The summed E-state index contributed by atoms with van der Waals surface area (Å²) in [5.41, 5.74) is 2.35. The van der Waals surface area contributed by atoms with Crippen molar-refractivity contribution in [3.63, 3.8) is 0 Å². The van der Waals surface area contributed by atoms with E-state index in [1.54, 1.807) is 14.2 Å². The molecule has 0 amide bonds. The molecule has 0 radical (unpaired) electrons. The normalized spacial score (nSPS) is 10.4. The standard InChI is InChI=1S/C18H22ClNO3/c1-4-23-17-10-14(9-16(19)18(17)22-3)12-20-11-13-5-7-15(21-2)8-6-13/h5-10,20H,4,11-12H2,1-3H3/p+1. The number of benzene rings is 2. The van der Waals surface area contributed by atoms with E-state index in [1.807, 2.05) is 31.2 Å². The molecule has 0 saturated carbocycles. The smallest absolute Gasteiger partial charge is 0.179 e. The Hall–Kier alpha value is -1.91. The molecule has 124 valence electrons. The summed E-state index contributed by atoms with van der Waals surface area (Å²) in [4.78, 5) is 0. The second kappa shape index (κ2) is 8.65. The molecule has 0 aliphatic carbocycles. The molecule has 0 atom stereocenters. The lowest BCUT2D eigenvalue weighted by atomic mass is 10.1. The van der Waals surface area contributed by atoms with Crippen molar-refractivity contribution in [2.24, 2.45) is 0 Å². The van der Waals surface area contributed by atoms with Crippen molar-refractivity contribution < 1.29 is 19.5 Å². The fourth-order valence-corrected chi connectivity index (χ4v) is 2.68. The Bertz CT molecular complexity index is 629. The van der Waals surface area contributed by atoms with Crippen LogP contribution in [0.1, 0.15) is 18.1 Å². The summed E-state index contributed by atoms with van der Waals surface area (Å²) in [6.45, 7) is 4.22. The largest absolute Gasteiger partial charge is 0.497 e. The van der Waals surface area contributed by atoms with Gasteiger partial charge in [0.1, 0.15) is 18.8 Å². The Morgan fingerprint density at radius 1 is 0.957 bits per heavy atom. The van der Waals surface area contributed by atoms with Gasteiger partial charge in [-0.15, -0.1) is 0 Å². The Morgan fingerprint density at radius 3 is 2.26 bits per heavy atom. The molecule has 0 saturated heterocycles. The van der Waals surface area contributed by atoms with Gasteiger partial charge in [0, 0.05) is 11.1 Å². The van der Waals surface area contributed by atoms with Crippen molar-refractivity contribution in [3.05, 3.63) is 52.5 Å². The summed E-state index contributed by atoms with van der Waals surface area (Å²) in [7, 11) is 3.27. The molecule has 0 bridgehead atoms. The van der Waals surface area contributed by atoms with Crippen LogP contribution < -0.4 is 19.5 Å². The molecular weight excluding hydrogens is 314 g/mol. The number of methoxy groups -OCH3 is 2. The number of rotatable bonds is 8. The van der Waals surface area contributed by atoms with E-state index in [1.165, 1.54) is 5.56 Å². The third-order valence-electron chi connectivity index (χ3n) is 3.49. The SMILES string of the molecule is CCOc1cc(C[NH2+]Cc2ccc(OC)cc2)cc(Cl)c1OC. The molecule has 0 aliphatic rings. The van der Waals surface area contributed by atoms with Crippen LogP contribution in [0.25, 0.3) is 0 Å². The van der Waals surface area contributed by atoms with Crippen LogP contribution in [0.2, 0.25) is 5.02 Å². The lowest BCUT2D eigenvalue weighted by Gasteiger charge is -2.12. The minimum absolute atomic E-state index is 0.575. The minimum atomic E-state index is 0.575. The van der Waals surface area contributed by atoms with E-state index >= 15 is 0 Å². The summed E-state index contributed by atoms with van der Waals surface area (Å²) in [6.07, 6.45) is 0. The van der Waals surface area contributed by atoms with Crippen molar-refractivity contribution in [1.29, 1.82) is 0 Å². The van der Waals surface area contributed by atoms with Crippen LogP contribution in [0.3, 0.4) is 0 Å². The second-order valence-electron chi connectivity index (χ2n) is 5.09. The van der Waals surface area contributed by atoms with Crippen molar-refractivity contribution in [1.82, 2.24) is 0 Å². The van der Waals surface area contributed by atoms with E-state index in [4.69, 9.17) is 25.8 Å². The molecular formula is C18H23ClNO3+. The molecule has 0 unspecified atom stereocenters. The summed E-state index contributed by atoms with van der Waals surface area (Å²) < 4.78 is 16.1. The van der Waals surface area contributed by atoms with Gasteiger partial charge in [0.25, 0.3) is 0 Å². The maximum atomic E-state index is 6.27. The van der Waals surface area contributed by atoms with Gasteiger partial charge in [0.15, 0.2) is 11.5 Å². The third kappa shape index (κ3) is 4.78. The maximum Gasteiger partial charge on any atom is 0.179 e. The average Bonchev–Trinajstić information content (AvgIpc) is 2.56. The molecule has 2 aromatic carbocycles. The van der Waals surface area contributed by atoms with Crippen LogP contribution >= 0.6 is 11.6 Å². The quantitative estimate of drug-likeness (QED) is 0.806. The molecule has 0 heterocycles. The van der Waals surface area contributed by atoms with Crippen LogP contribution in [0.15, 0.2) is 36.4 Å². The molecule has 2 aromatic rings. The predicted octanol–water partition coefficient (Wildman–Crippen LogP) is 3.02. The first-order valence-corrected chi connectivity index (χ1v) is 7.99. The highest BCUT2D eigenvalue weighted by Crippen LogP contribution is 2.36. The predicted molar refractivity (Wildman–Crippen MR) is 91.5 cm³/mol. The van der Waals surface area contributed by atoms with Crippen LogP contribution in [0.5, 0.6) is 17.2 Å². The van der Waals surface area contributed by atoms with Crippen molar-refractivity contribution in [3.8, 4) is 17.2 Å². The number of quaternary nitrogens is 1. The van der Waals surface area contributed by atoms with Gasteiger partial charge in [-0.1, -0.05) is 11.6 Å². The van der Waals surface area contributed by atoms with E-state index in [9.17, 15) is 0 Å². The summed E-state index contributed by atoms with van der Waals surface area (Å²) in [6, 6.07) is 12.0. The van der Waals surface area contributed by atoms with Crippen LogP contribution in [0.4, 0.5) is 0 Å². The Labute approximate surface area is 142 Å². The second-order valence-corrected chi connectivity index (χ2v) is 5.49. The summed E-state index contributed by atoms with van der Waals surface area (Å²) in [5.74, 6) is 2.15. The monoisotopic (exact) mass is 336 g/mol. The number of hydrogen-bond donors (Lipinski definition) is 1. The van der Waals surface area contributed by atoms with E-state index in [0.29, 0.717) is 23.1 Å². The highest BCUT2D eigenvalue weighted by molar-refractivity contribution is 6.32. The fraction of sp³-hybridized carbons (Fsp3) is 0.333. The highest BCUT2D eigenvalue weighted by Gasteiger charge is 2.12. The zero-order chi connectivity index (χ0) is 16.7. The molecule has 0 aromatic heterocycles. The number of halogens is 1. The Balaban J connectivity index is 1.99. The van der Waals surface area contributed by atoms with Gasteiger partial charge in [0.05, 0.1) is 25.8 Å². The van der Waals surface area contributed by atoms with Crippen molar-refractivity contribution in [2.45, 2.75) is 20.0 Å². The number of hydrogen-bond acceptors (Lipinski definition) is 3. The fourth-order valence-electron chi connectivity index (χ4n) is 2.37. The summed E-state index contributed by atoms with van der Waals surface area (Å²) >= 11 is 6.27. The zero-order valence-electron chi connectivity index (χ0n) is 13.8. The van der Waals surface area contributed by atoms with Gasteiger partial charge in [-0.3, -0.25) is 0 Å². The molecule has 23 heavy (non-hydrogen) atoms. The zero-order valence-corrected chi connectivity index (χ0v) is 14.5. The number of ether oxygens (including phenoxy) is 3. The topological polar surface area (TPSA) is 44.3 Å². The maximum absolute atomic E-state index is 6.27. The van der Waals surface area contributed by atoms with Crippen molar-refractivity contribution in [2.75, 3.05) is 20.8 Å². The lowest BCUT2D eigenvalue weighted by molar-refractivity contribution is -0.686. The molecule has 0 spiro atoms. The molecule has 2 rings (SSSR count). The number of nitrogens with two attached hydrogens (primary N) is 1. The van der Waals surface area contributed by atoms with E-state index in [-0.39, 0.29) is 0 Å². The molecule has 5 heteroatoms. The minimum Gasteiger partial charge on any atom is -0.497 e. The first-order valence-electron chi connectivity index (χ1n) is 7.61.